The number of nitrogens with zero attached hydrogens (tertiary/aromatic N) is 3. The molecule has 31 heavy (non-hydrogen) atoms. The Kier molecular flexibility index (Phi) is 6.69. The van der Waals surface area contributed by atoms with Gasteiger partial charge in [-0.25, -0.2) is 9.97 Å². The van der Waals surface area contributed by atoms with E-state index < -0.39 is 0 Å². The van der Waals surface area contributed by atoms with Crippen LogP contribution in [0.3, 0.4) is 0 Å². The summed E-state index contributed by atoms with van der Waals surface area (Å²) in [5.41, 5.74) is 2.98. The van der Waals surface area contributed by atoms with Crippen LogP contribution in [0.25, 0.3) is 0 Å². The van der Waals surface area contributed by atoms with E-state index in [4.69, 9.17) is 4.74 Å². The van der Waals surface area contributed by atoms with E-state index in [1.165, 1.54) is 16.9 Å². The lowest BCUT2D eigenvalue weighted by atomic mass is 10.2. The van der Waals surface area contributed by atoms with Gasteiger partial charge in [-0.1, -0.05) is 54.1 Å². The Bertz CT molecular complexity index is 1110. The minimum atomic E-state index is -0.0427. The lowest BCUT2D eigenvalue weighted by molar-refractivity contribution is -0.118. The van der Waals surface area contributed by atoms with E-state index in [1.807, 2.05) is 85.1 Å². The summed E-state index contributed by atoms with van der Waals surface area (Å²) in [5.74, 6) is 1.40. The van der Waals surface area contributed by atoms with Crippen molar-refractivity contribution in [2.75, 3.05) is 4.90 Å². The maximum Gasteiger partial charge on any atom is 0.234 e. The molecule has 0 saturated carbocycles. The number of aromatic nitrogens is 2. The third-order valence-corrected chi connectivity index (χ3v) is 5.60. The van der Waals surface area contributed by atoms with Crippen molar-refractivity contribution in [3.05, 3.63) is 106 Å². The molecule has 1 amide bonds. The molecule has 2 heterocycles. The van der Waals surface area contributed by atoms with Crippen molar-refractivity contribution >= 4 is 23.1 Å². The Morgan fingerprint density at radius 1 is 1.00 bits per heavy atom. The Hall–Kier alpha value is -3.51. The first-order valence-corrected chi connectivity index (χ1v) is 10.9. The maximum atomic E-state index is 13.2. The molecule has 0 N–H and O–H groups in total. The molecular formula is C25H23N3O2S. The summed E-state index contributed by atoms with van der Waals surface area (Å²) in [7, 11) is 0. The van der Waals surface area contributed by atoms with Gasteiger partial charge in [0.1, 0.15) is 23.2 Å². The summed E-state index contributed by atoms with van der Waals surface area (Å²) in [5, 5.41) is 2.76. The van der Waals surface area contributed by atoms with Crippen LogP contribution in [0.1, 0.15) is 21.8 Å². The normalized spacial score (nSPS) is 10.6. The number of pyridine rings is 1. The van der Waals surface area contributed by atoms with E-state index in [9.17, 15) is 4.79 Å². The van der Waals surface area contributed by atoms with Crippen LogP contribution < -0.4 is 9.64 Å². The number of hydrogen-bond acceptors (Lipinski definition) is 5. The zero-order valence-electron chi connectivity index (χ0n) is 17.3. The fraction of sp³-hybridized carbons (Fsp3) is 0.160. The Labute approximate surface area is 186 Å². The molecule has 0 aliphatic heterocycles. The molecular weight excluding hydrogens is 406 g/mol. The minimum absolute atomic E-state index is 0.0427. The molecule has 156 valence electrons. The summed E-state index contributed by atoms with van der Waals surface area (Å²) in [6.07, 6.45) is 1.91. The molecule has 0 saturated heterocycles. The van der Waals surface area contributed by atoms with Crippen LogP contribution in [-0.4, -0.2) is 15.9 Å². The topological polar surface area (TPSA) is 55.3 Å². The van der Waals surface area contributed by atoms with Gasteiger partial charge in [0.05, 0.1) is 18.7 Å². The van der Waals surface area contributed by atoms with Crippen molar-refractivity contribution in [3.63, 3.8) is 0 Å². The lowest BCUT2D eigenvalue weighted by Gasteiger charge is -2.21. The van der Waals surface area contributed by atoms with Crippen molar-refractivity contribution in [2.45, 2.75) is 26.5 Å². The molecule has 4 rings (SSSR count). The number of benzene rings is 2. The molecule has 0 aliphatic carbocycles. The van der Waals surface area contributed by atoms with Gasteiger partial charge in [-0.3, -0.25) is 9.69 Å². The predicted octanol–water partition coefficient (Wildman–Crippen LogP) is 5.20. The number of aryl methyl sites for hydroxylation is 1. The second-order valence-corrected chi connectivity index (χ2v) is 8.11. The highest BCUT2D eigenvalue weighted by Crippen LogP contribution is 2.19. The van der Waals surface area contributed by atoms with E-state index in [0.29, 0.717) is 19.0 Å². The molecule has 2 aromatic heterocycles. The number of anilines is 1. The summed E-state index contributed by atoms with van der Waals surface area (Å²) < 4.78 is 5.80. The van der Waals surface area contributed by atoms with Crippen molar-refractivity contribution in [1.82, 2.24) is 9.97 Å². The van der Waals surface area contributed by atoms with Crippen molar-refractivity contribution in [1.29, 1.82) is 0 Å². The third-order valence-electron chi connectivity index (χ3n) is 4.73. The second-order valence-electron chi connectivity index (χ2n) is 7.16. The highest BCUT2D eigenvalue weighted by molar-refractivity contribution is 7.09. The number of amides is 1. The van der Waals surface area contributed by atoms with E-state index in [0.717, 1.165) is 22.0 Å². The summed E-state index contributed by atoms with van der Waals surface area (Å²) in [6, 6.07) is 23.4. The van der Waals surface area contributed by atoms with Crippen molar-refractivity contribution in [3.8, 4) is 5.75 Å². The summed E-state index contributed by atoms with van der Waals surface area (Å²) in [4.78, 5) is 23.8. The summed E-state index contributed by atoms with van der Waals surface area (Å²) >= 11 is 1.50. The van der Waals surface area contributed by atoms with Gasteiger partial charge in [0, 0.05) is 11.6 Å². The van der Waals surface area contributed by atoms with Gasteiger partial charge in [-0.2, -0.15) is 0 Å². The standard InChI is InChI=1S/C25H23N3O2S/c1-19-10-12-22(13-11-19)30-17-24-27-21(18-31-24)15-25(29)28(23-9-5-6-14-26-23)16-20-7-3-2-4-8-20/h2-14,18H,15-17H2,1H3. The molecule has 0 bridgehead atoms. The quantitative estimate of drug-likeness (QED) is 0.386. The highest BCUT2D eigenvalue weighted by atomic mass is 32.1. The van der Waals surface area contributed by atoms with E-state index >= 15 is 0 Å². The first-order valence-electron chi connectivity index (χ1n) is 10.1. The van der Waals surface area contributed by atoms with Crippen LogP contribution in [0.15, 0.2) is 84.4 Å². The van der Waals surface area contributed by atoms with Crippen molar-refractivity contribution < 1.29 is 9.53 Å². The summed E-state index contributed by atoms with van der Waals surface area (Å²) in [6.45, 7) is 2.89. The maximum absolute atomic E-state index is 13.2. The molecule has 5 nitrogen and oxygen atoms in total. The smallest absolute Gasteiger partial charge is 0.234 e. The van der Waals surface area contributed by atoms with E-state index in [-0.39, 0.29) is 12.3 Å². The van der Waals surface area contributed by atoms with Gasteiger partial charge >= 0.3 is 0 Å². The molecule has 2 aromatic carbocycles. The Balaban J connectivity index is 1.43. The number of rotatable bonds is 8. The number of hydrogen-bond donors (Lipinski definition) is 0. The Morgan fingerprint density at radius 2 is 1.77 bits per heavy atom. The molecule has 0 unspecified atom stereocenters. The van der Waals surface area contributed by atoms with Gasteiger partial charge in [0.2, 0.25) is 5.91 Å². The van der Waals surface area contributed by atoms with E-state index in [2.05, 4.69) is 9.97 Å². The zero-order valence-corrected chi connectivity index (χ0v) is 18.1. The van der Waals surface area contributed by atoms with Gasteiger partial charge in [-0.15, -0.1) is 11.3 Å². The van der Waals surface area contributed by atoms with Crippen LogP contribution in [0.2, 0.25) is 0 Å². The zero-order chi connectivity index (χ0) is 21.5. The van der Waals surface area contributed by atoms with Crippen LogP contribution in [-0.2, 0) is 24.4 Å². The molecule has 0 radical (unpaired) electrons. The molecule has 0 atom stereocenters. The average Bonchev–Trinajstić information content (AvgIpc) is 3.25. The monoisotopic (exact) mass is 429 g/mol. The highest BCUT2D eigenvalue weighted by Gasteiger charge is 2.19. The molecule has 0 aliphatic rings. The first-order chi connectivity index (χ1) is 15.2. The number of carbonyl (C=O) groups is 1. The second kappa shape index (κ2) is 10.00. The molecule has 0 spiro atoms. The van der Waals surface area contributed by atoms with Gasteiger partial charge in [0.15, 0.2) is 0 Å². The van der Waals surface area contributed by atoms with Gasteiger partial charge in [0.25, 0.3) is 0 Å². The lowest BCUT2D eigenvalue weighted by Crippen LogP contribution is -2.32. The van der Waals surface area contributed by atoms with Crippen LogP contribution in [0.4, 0.5) is 5.82 Å². The number of ether oxygens (including phenoxy) is 1. The van der Waals surface area contributed by atoms with Crippen LogP contribution in [0.5, 0.6) is 5.75 Å². The van der Waals surface area contributed by atoms with Crippen LogP contribution >= 0.6 is 11.3 Å². The molecule has 4 aromatic rings. The van der Waals surface area contributed by atoms with Crippen molar-refractivity contribution in [2.24, 2.45) is 0 Å². The largest absolute Gasteiger partial charge is 0.486 e. The van der Waals surface area contributed by atoms with Gasteiger partial charge < -0.3 is 4.74 Å². The first kappa shape index (κ1) is 20.8. The average molecular weight is 430 g/mol. The molecule has 0 fully saturated rings. The number of carbonyl (C=O) groups excluding carboxylic acids is 1. The minimum Gasteiger partial charge on any atom is -0.486 e. The Morgan fingerprint density at radius 3 is 2.52 bits per heavy atom. The predicted molar refractivity (Wildman–Crippen MR) is 123 cm³/mol. The number of thiazole rings is 1. The SMILES string of the molecule is Cc1ccc(OCc2nc(CC(=O)N(Cc3ccccc3)c3ccccn3)cs2)cc1. The fourth-order valence-corrected chi connectivity index (χ4v) is 3.81. The molecule has 6 heteroatoms. The fourth-order valence-electron chi connectivity index (χ4n) is 3.10. The van der Waals surface area contributed by atoms with Gasteiger partial charge in [-0.05, 0) is 36.8 Å². The van der Waals surface area contributed by atoms with Crippen LogP contribution in [0, 0.1) is 6.92 Å². The van der Waals surface area contributed by atoms with E-state index in [1.54, 1.807) is 11.1 Å². The third kappa shape index (κ3) is 5.77.